The molecule has 0 amide bonds. The van der Waals surface area contributed by atoms with Crippen molar-refractivity contribution >= 4 is 22.8 Å². The van der Waals surface area contributed by atoms with Gasteiger partial charge in [-0.15, -0.1) is 0 Å². The summed E-state index contributed by atoms with van der Waals surface area (Å²) in [6, 6.07) is 0.659. The minimum atomic E-state index is 0.306. The smallest absolute Gasteiger partial charge is 0.224 e. The van der Waals surface area contributed by atoms with Crippen LogP contribution in [0.1, 0.15) is 12.8 Å². The van der Waals surface area contributed by atoms with Gasteiger partial charge in [0.15, 0.2) is 5.65 Å². The maximum absolute atomic E-state index is 5.79. The molecule has 2 aliphatic heterocycles. The van der Waals surface area contributed by atoms with Crippen LogP contribution in [0.25, 0.3) is 11.0 Å². The van der Waals surface area contributed by atoms with Gasteiger partial charge in [-0.2, -0.15) is 15.1 Å². The first-order valence-electron chi connectivity index (χ1n) is 6.77. The topological polar surface area (TPSA) is 87.0 Å². The van der Waals surface area contributed by atoms with Crippen LogP contribution < -0.4 is 10.6 Å². The lowest BCUT2D eigenvalue weighted by molar-refractivity contribution is 0.230. The second-order valence-electron chi connectivity index (χ2n) is 5.32. The van der Waals surface area contributed by atoms with E-state index in [4.69, 9.17) is 5.73 Å². The maximum Gasteiger partial charge on any atom is 0.224 e. The number of nitrogens with zero attached hydrogens (tertiary/aromatic N) is 5. The number of nitrogens with one attached hydrogen (secondary N) is 1. The van der Waals surface area contributed by atoms with E-state index in [1.807, 2.05) is 0 Å². The number of anilines is 2. The molecule has 19 heavy (non-hydrogen) atoms. The van der Waals surface area contributed by atoms with Crippen molar-refractivity contribution in [2.75, 3.05) is 36.8 Å². The molecule has 0 aliphatic carbocycles. The molecule has 0 aromatic carbocycles. The molecule has 0 saturated carbocycles. The van der Waals surface area contributed by atoms with E-state index in [0.717, 1.165) is 36.5 Å². The van der Waals surface area contributed by atoms with Crippen molar-refractivity contribution in [2.45, 2.75) is 18.9 Å². The van der Waals surface area contributed by atoms with E-state index < -0.39 is 0 Å². The SMILES string of the molecule is Nc1nc(N2CCN3CCCC3C2)c2cn[nH]c2n1. The van der Waals surface area contributed by atoms with Gasteiger partial charge in [0.1, 0.15) is 5.82 Å². The van der Waals surface area contributed by atoms with Crippen LogP contribution in [-0.2, 0) is 0 Å². The molecule has 4 rings (SSSR count). The Morgan fingerprint density at radius 2 is 2.21 bits per heavy atom. The number of piperazine rings is 1. The molecule has 7 heteroatoms. The molecule has 0 spiro atoms. The van der Waals surface area contributed by atoms with Crippen LogP contribution in [0.5, 0.6) is 0 Å². The fourth-order valence-electron chi connectivity index (χ4n) is 3.26. The molecule has 2 aromatic heterocycles. The molecule has 1 atom stereocenters. The largest absolute Gasteiger partial charge is 0.368 e. The zero-order valence-corrected chi connectivity index (χ0v) is 10.7. The first kappa shape index (κ1) is 11.0. The fraction of sp³-hybridized carbons (Fsp3) is 0.583. The Labute approximate surface area is 110 Å². The van der Waals surface area contributed by atoms with E-state index in [9.17, 15) is 0 Å². The molecule has 0 bridgehead atoms. The van der Waals surface area contributed by atoms with Crippen LogP contribution in [0.3, 0.4) is 0 Å². The molecule has 4 heterocycles. The van der Waals surface area contributed by atoms with Crippen molar-refractivity contribution < 1.29 is 0 Å². The third-order valence-electron chi connectivity index (χ3n) is 4.19. The first-order chi connectivity index (χ1) is 9.31. The summed E-state index contributed by atoms with van der Waals surface area (Å²) >= 11 is 0. The second kappa shape index (κ2) is 4.06. The van der Waals surface area contributed by atoms with E-state index in [0.29, 0.717) is 12.0 Å². The Balaban J connectivity index is 1.72. The van der Waals surface area contributed by atoms with Crippen LogP contribution in [-0.4, -0.2) is 57.3 Å². The highest BCUT2D eigenvalue weighted by molar-refractivity contribution is 5.87. The number of hydrogen-bond acceptors (Lipinski definition) is 6. The highest BCUT2D eigenvalue weighted by Gasteiger charge is 2.31. The van der Waals surface area contributed by atoms with Crippen molar-refractivity contribution in [3.05, 3.63) is 6.20 Å². The van der Waals surface area contributed by atoms with Crippen molar-refractivity contribution in [3.63, 3.8) is 0 Å². The third-order valence-corrected chi connectivity index (χ3v) is 4.19. The van der Waals surface area contributed by atoms with Crippen LogP contribution in [0.15, 0.2) is 6.20 Å². The van der Waals surface area contributed by atoms with Gasteiger partial charge in [-0.25, -0.2) is 0 Å². The second-order valence-corrected chi connectivity index (χ2v) is 5.32. The van der Waals surface area contributed by atoms with Crippen molar-refractivity contribution in [1.29, 1.82) is 0 Å². The number of fused-ring (bicyclic) bond motifs is 2. The van der Waals surface area contributed by atoms with Crippen molar-refractivity contribution in [3.8, 4) is 0 Å². The van der Waals surface area contributed by atoms with Crippen LogP contribution in [0.4, 0.5) is 11.8 Å². The van der Waals surface area contributed by atoms with Gasteiger partial charge in [0.25, 0.3) is 0 Å². The summed E-state index contributed by atoms with van der Waals surface area (Å²) < 4.78 is 0. The quantitative estimate of drug-likeness (QED) is 0.762. The molecule has 3 N–H and O–H groups in total. The molecular formula is C12H17N7. The summed E-state index contributed by atoms with van der Waals surface area (Å²) in [6.45, 7) is 4.36. The lowest BCUT2D eigenvalue weighted by atomic mass is 10.1. The van der Waals surface area contributed by atoms with E-state index in [1.54, 1.807) is 6.20 Å². The zero-order valence-electron chi connectivity index (χ0n) is 10.7. The molecule has 7 nitrogen and oxygen atoms in total. The number of aromatic amines is 1. The number of nitrogens with two attached hydrogens (primary N) is 1. The lowest BCUT2D eigenvalue weighted by Crippen LogP contribution is -2.50. The third kappa shape index (κ3) is 1.73. The predicted molar refractivity (Wildman–Crippen MR) is 72.9 cm³/mol. The summed E-state index contributed by atoms with van der Waals surface area (Å²) in [5, 5.41) is 7.87. The molecule has 2 saturated heterocycles. The number of hydrogen-bond donors (Lipinski definition) is 2. The van der Waals surface area contributed by atoms with Crippen molar-refractivity contribution in [2.24, 2.45) is 0 Å². The molecular weight excluding hydrogens is 242 g/mol. The molecule has 100 valence electrons. The Bertz CT molecular complexity index is 607. The average molecular weight is 259 g/mol. The summed E-state index contributed by atoms with van der Waals surface area (Å²) in [7, 11) is 0. The summed E-state index contributed by atoms with van der Waals surface area (Å²) in [4.78, 5) is 13.5. The Hall–Kier alpha value is -1.89. The van der Waals surface area contributed by atoms with Gasteiger partial charge in [-0.3, -0.25) is 10.00 Å². The van der Waals surface area contributed by atoms with Crippen LogP contribution >= 0.6 is 0 Å². The summed E-state index contributed by atoms with van der Waals surface area (Å²) in [5.41, 5.74) is 6.51. The van der Waals surface area contributed by atoms with Gasteiger partial charge in [0.2, 0.25) is 5.95 Å². The number of nitrogen functional groups attached to an aromatic ring is 1. The lowest BCUT2D eigenvalue weighted by Gasteiger charge is -2.38. The van der Waals surface area contributed by atoms with E-state index in [2.05, 4.69) is 30.0 Å². The van der Waals surface area contributed by atoms with Gasteiger partial charge in [-0.05, 0) is 19.4 Å². The summed E-state index contributed by atoms with van der Waals surface area (Å²) in [5.74, 6) is 1.23. The molecule has 2 aromatic rings. The zero-order chi connectivity index (χ0) is 12.8. The van der Waals surface area contributed by atoms with Gasteiger partial charge < -0.3 is 10.6 Å². The Morgan fingerprint density at radius 1 is 1.26 bits per heavy atom. The van der Waals surface area contributed by atoms with Gasteiger partial charge >= 0.3 is 0 Å². The normalized spacial score (nSPS) is 24.0. The fourth-order valence-corrected chi connectivity index (χ4v) is 3.26. The summed E-state index contributed by atoms with van der Waals surface area (Å²) in [6.07, 6.45) is 4.38. The standard InChI is InChI=1S/C12H17N7/c13-12-15-10-9(6-14-17-10)11(16-12)19-5-4-18-3-1-2-8(18)7-19/h6,8H,1-5,7H2,(H3,13,14,15,16,17). The Morgan fingerprint density at radius 3 is 3.16 bits per heavy atom. The van der Waals surface area contributed by atoms with Gasteiger partial charge in [0, 0.05) is 25.7 Å². The number of rotatable bonds is 1. The van der Waals surface area contributed by atoms with E-state index >= 15 is 0 Å². The number of H-pyrrole nitrogens is 1. The van der Waals surface area contributed by atoms with Crippen LogP contribution in [0.2, 0.25) is 0 Å². The molecule has 2 aliphatic rings. The number of aromatic nitrogens is 4. The van der Waals surface area contributed by atoms with E-state index in [-0.39, 0.29) is 0 Å². The van der Waals surface area contributed by atoms with Gasteiger partial charge in [0.05, 0.1) is 11.6 Å². The molecule has 0 radical (unpaired) electrons. The highest BCUT2D eigenvalue weighted by atomic mass is 15.3. The van der Waals surface area contributed by atoms with E-state index in [1.165, 1.54) is 19.4 Å². The highest BCUT2D eigenvalue weighted by Crippen LogP contribution is 2.28. The van der Waals surface area contributed by atoms with Gasteiger partial charge in [-0.1, -0.05) is 0 Å². The monoisotopic (exact) mass is 259 g/mol. The minimum Gasteiger partial charge on any atom is -0.368 e. The van der Waals surface area contributed by atoms with Crippen molar-refractivity contribution in [1.82, 2.24) is 25.1 Å². The molecule has 1 unspecified atom stereocenters. The maximum atomic E-state index is 5.79. The first-order valence-corrected chi connectivity index (χ1v) is 6.77. The van der Waals surface area contributed by atoms with Crippen LogP contribution in [0, 0.1) is 0 Å². The minimum absolute atomic E-state index is 0.306. The predicted octanol–water partition coefficient (Wildman–Crippen LogP) is 0.219. The average Bonchev–Trinajstić information content (AvgIpc) is 3.04. The molecule has 2 fully saturated rings. The Kier molecular flexibility index (Phi) is 2.34.